The largest absolute Gasteiger partial charge is 0.325 e. The maximum atomic E-state index is 12.1. The molecule has 0 aliphatic carbocycles. The molecule has 3 rings (SSSR count). The van der Waals surface area contributed by atoms with Gasteiger partial charge in [0.05, 0.1) is 24.1 Å². The first-order valence-corrected chi connectivity index (χ1v) is 6.75. The minimum absolute atomic E-state index is 0.0277. The molecule has 1 saturated heterocycles. The summed E-state index contributed by atoms with van der Waals surface area (Å²) in [5.74, 6) is 0.405. The van der Waals surface area contributed by atoms with Crippen LogP contribution in [0.3, 0.4) is 0 Å². The van der Waals surface area contributed by atoms with E-state index in [4.69, 9.17) is 0 Å². The number of nitrogens with zero attached hydrogens (tertiary/aromatic N) is 3. The molecule has 0 saturated carbocycles. The zero-order chi connectivity index (χ0) is 13.9. The van der Waals surface area contributed by atoms with Gasteiger partial charge in [-0.15, -0.1) is 0 Å². The van der Waals surface area contributed by atoms with Crippen molar-refractivity contribution in [3.05, 3.63) is 36.7 Å². The Morgan fingerprint density at radius 3 is 2.60 bits per heavy atom. The van der Waals surface area contributed by atoms with Crippen molar-refractivity contribution in [2.45, 2.75) is 19.4 Å². The molecule has 2 atom stereocenters. The summed E-state index contributed by atoms with van der Waals surface area (Å²) < 4.78 is 0. The topological polar surface area (TPSA) is 71.8 Å². The fourth-order valence-electron chi connectivity index (χ4n) is 2.43. The SMILES string of the molecule is CC1CCNC1C(=O)Nc1ccc(-n2nccn2)cc1. The highest BCUT2D eigenvalue weighted by Gasteiger charge is 2.29. The predicted octanol–water partition coefficient (Wildman–Crippen LogP) is 1.20. The van der Waals surface area contributed by atoms with Crippen molar-refractivity contribution < 1.29 is 4.79 Å². The average molecular weight is 271 g/mol. The van der Waals surface area contributed by atoms with Crippen molar-refractivity contribution in [1.29, 1.82) is 0 Å². The van der Waals surface area contributed by atoms with Gasteiger partial charge in [0.2, 0.25) is 5.91 Å². The lowest BCUT2D eigenvalue weighted by molar-refractivity contribution is -0.118. The van der Waals surface area contributed by atoms with Gasteiger partial charge in [0.25, 0.3) is 0 Å². The maximum absolute atomic E-state index is 12.1. The Bertz CT molecular complexity index is 578. The Labute approximate surface area is 117 Å². The van der Waals surface area contributed by atoms with E-state index in [1.807, 2.05) is 24.3 Å². The lowest BCUT2D eigenvalue weighted by Crippen LogP contribution is -2.39. The second-order valence-electron chi connectivity index (χ2n) is 5.05. The molecule has 6 nitrogen and oxygen atoms in total. The van der Waals surface area contributed by atoms with E-state index < -0.39 is 0 Å². The standard InChI is InChI=1S/C14H17N5O/c1-10-6-7-15-13(10)14(20)18-11-2-4-12(5-3-11)19-16-8-9-17-19/h2-5,8-10,13,15H,6-7H2,1H3,(H,18,20). The van der Waals surface area contributed by atoms with Gasteiger partial charge in [0.1, 0.15) is 0 Å². The highest BCUT2D eigenvalue weighted by Crippen LogP contribution is 2.17. The first kappa shape index (κ1) is 12.8. The monoisotopic (exact) mass is 271 g/mol. The number of aromatic nitrogens is 3. The number of rotatable bonds is 3. The number of nitrogens with one attached hydrogen (secondary N) is 2. The van der Waals surface area contributed by atoms with Crippen LogP contribution in [0.4, 0.5) is 5.69 Å². The molecule has 20 heavy (non-hydrogen) atoms. The molecule has 2 heterocycles. The van der Waals surface area contributed by atoms with E-state index in [1.165, 1.54) is 4.80 Å². The highest BCUT2D eigenvalue weighted by molar-refractivity contribution is 5.95. The summed E-state index contributed by atoms with van der Waals surface area (Å²) in [5, 5.41) is 14.3. The zero-order valence-electron chi connectivity index (χ0n) is 11.3. The highest BCUT2D eigenvalue weighted by atomic mass is 16.2. The van der Waals surface area contributed by atoms with E-state index in [-0.39, 0.29) is 11.9 Å². The second kappa shape index (κ2) is 5.42. The number of carbonyl (C=O) groups excluding carboxylic acids is 1. The number of hydrogen-bond acceptors (Lipinski definition) is 4. The molecular weight excluding hydrogens is 254 g/mol. The first-order chi connectivity index (χ1) is 9.74. The number of benzene rings is 1. The number of carbonyl (C=O) groups is 1. The van der Waals surface area contributed by atoms with Crippen LogP contribution >= 0.6 is 0 Å². The molecule has 1 aromatic carbocycles. The van der Waals surface area contributed by atoms with Gasteiger partial charge in [0, 0.05) is 5.69 Å². The second-order valence-corrected chi connectivity index (χ2v) is 5.05. The molecule has 0 bridgehead atoms. The number of hydrogen-bond donors (Lipinski definition) is 2. The third kappa shape index (κ3) is 2.55. The van der Waals surface area contributed by atoms with Crippen molar-refractivity contribution >= 4 is 11.6 Å². The molecule has 1 amide bonds. The van der Waals surface area contributed by atoms with E-state index in [0.717, 1.165) is 24.3 Å². The maximum Gasteiger partial charge on any atom is 0.241 e. The molecule has 1 aromatic heterocycles. The van der Waals surface area contributed by atoms with Gasteiger partial charge in [-0.1, -0.05) is 6.92 Å². The van der Waals surface area contributed by atoms with Crippen LogP contribution in [-0.2, 0) is 4.79 Å². The Hall–Kier alpha value is -2.21. The summed E-state index contributed by atoms with van der Waals surface area (Å²) >= 11 is 0. The van der Waals surface area contributed by atoms with Crippen LogP contribution in [0.15, 0.2) is 36.7 Å². The smallest absolute Gasteiger partial charge is 0.241 e. The van der Waals surface area contributed by atoms with Crippen LogP contribution in [0.1, 0.15) is 13.3 Å². The Kier molecular flexibility index (Phi) is 3.47. The van der Waals surface area contributed by atoms with Crippen LogP contribution in [-0.4, -0.2) is 33.5 Å². The minimum Gasteiger partial charge on any atom is -0.325 e. The molecule has 2 N–H and O–H groups in total. The molecule has 2 aromatic rings. The lowest BCUT2D eigenvalue weighted by Gasteiger charge is -2.15. The van der Waals surface area contributed by atoms with Gasteiger partial charge in [-0.3, -0.25) is 4.79 Å². The van der Waals surface area contributed by atoms with Gasteiger partial charge in [-0.25, -0.2) is 0 Å². The molecule has 6 heteroatoms. The van der Waals surface area contributed by atoms with Crippen molar-refractivity contribution in [2.24, 2.45) is 5.92 Å². The molecule has 2 unspecified atom stereocenters. The quantitative estimate of drug-likeness (QED) is 0.880. The van der Waals surface area contributed by atoms with Gasteiger partial charge in [-0.05, 0) is 43.1 Å². The summed E-state index contributed by atoms with van der Waals surface area (Å²) in [7, 11) is 0. The van der Waals surface area contributed by atoms with Crippen LogP contribution < -0.4 is 10.6 Å². The van der Waals surface area contributed by atoms with Crippen LogP contribution in [0.5, 0.6) is 0 Å². The number of amides is 1. The minimum atomic E-state index is -0.0949. The van der Waals surface area contributed by atoms with Crippen LogP contribution in [0, 0.1) is 5.92 Å². The number of anilines is 1. The van der Waals surface area contributed by atoms with Crippen molar-refractivity contribution in [2.75, 3.05) is 11.9 Å². The summed E-state index contributed by atoms with van der Waals surface area (Å²) in [5.41, 5.74) is 1.65. The Morgan fingerprint density at radius 2 is 2.00 bits per heavy atom. The lowest BCUT2D eigenvalue weighted by atomic mass is 10.0. The average Bonchev–Trinajstić information content (AvgIpc) is 3.10. The molecule has 1 aliphatic heterocycles. The summed E-state index contributed by atoms with van der Waals surface area (Å²) in [6, 6.07) is 7.37. The molecule has 0 spiro atoms. The van der Waals surface area contributed by atoms with E-state index in [1.54, 1.807) is 12.4 Å². The fraction of sp³-hybridized carbons (Fsp3) is 0.357. The van der Waals surface area contributed by atoms with Gasteiger partial charge in [0.15, 0.2) is 0 Å². The van der Waals surface area contributed by atoms with Crippen molar-refractivity contribution in [3.63, 3.8) is 0 Å². The van der Waals surface area contributed by atoms with E-state index >= 15 is 0 Å². The Morgan fingerprint density at radius 1 is 1.30 bits per heavy atom. The third-order valence-electron chi connectivity index (χ3n) is 3.60. The van der Waals surface area contributed by atoms with Gasteiger partial charge >= 0.3 is 0 Å². The molecule has 1 fully saturated rings. The third-order valence-corrected chi connectivity index (χ3v) is 3.60. The van der Waals surface area contributed by atoms with Gasteiger partial charge < -0.3 is 10.6 Å². The van der Waals surface area contributed by atoms with Crippen molar-refractivity contribution in [3.8, 4) is 5.69 Å². The van der Waals surface area contributed by atoms with E-state index in [2.05, 4.69) is 27.8 Å². The molecular formula is C14H17N5O. The summed E-state index contributed by atoms with van der Waals surface area (Å²) in [4.78, 5) is 13.7. The first-order valence-electron chi connectivity index (χ1n) is 6.75. The van der Waals surface area contributed by atoms with Crippen LogP contribution in [0.25, 0.3) is 5.69 Å². The fourth-order valence-corrected chi connectivity index (χ4v) is 2.43. The van der Waals surface area contributed by atoms with Crippen LogP contribution in [0.2, 0.25) is 0 Å². The van der Waals surface area contributed by atoms with E-state index in [9.17, 15) is 4.79 Å². The van der Waals surface area contributed by atoms with E-state index in [0.29, 0.717) is 5.92 Å². The molecule has 1 aliphatic rings. The zero-order valence-corrected chi connectivity index (χ0v) is 11.3. The molecule has 104 valence electrons. The summed E-state index contributed by atoms with van der Waals surface area (Å²) in [6.07, 6.45) is 4.30. The van der Waals surface area contributed by atoms with Gasteiger partial charge in [-0.2, -0.15) is 15.0 Å². The predicted molar refractivity (Wildman–Crippen MR) is 75.6 cm³/mol. The Balaban J connectivity index is 1.68. The normalized spacial score (nSPS) is 21.9. The summed E-state index contributed by atoms with van der Waals surface area (Å²) in [6.45, 7) is 3.00. The molecule has 0 radical (unpaired) electrons. The van der Waals surface area contributed by atoms with Crippen molar-refractivity contribution in [1.82, 2.24) is 20.3 Å².